The van der Waals surface area contributed by atoms with Crippen LogP contribution in [0.2, 0.25) is 0 Å². The lowest BCUT2D eigenvalue weighted by Gasteiger charge is -2.07. The van der Waals surface area contributed by atoms with E-state index in [2.05, 4.69) is 0 Å². The van der Waals surface area contributed by atoms with Crippen LogP contribution in [0.4, 0.5) is 17.1 Å². The molecule has 0 bridgehead atoms. The van der Waals surface area contributed by atoms with E-state index < -0.39 is 43.4 Å². The first-order valence-electron chi connectivity index (χ1n) is 8.99. The average molecular weight is 433 g/mol. The summed E-state index contributed by atoms with van der Waals surface area (Å²) in [6.07, 6.45) is 1.55. The Morgan fingerprint density at radius 2 is 1.34 bits per heavy atom. The summed E-state index contributed by atoms with van der Waals surface area (Å²) in [5, 5.41) is 44.3. The van der Waals surface area contributed by atoms with Crippen molar-refractivity contribution in [1.29, 1.82) is 0 Å². The Morgan fingerprint density at radius 1 is 0.781 bits per heavy atom. The first-order chi connectivity index (χ1) is 15.2. The Kier molecular flexibility index (Phi) is 4.70. The van der Waals surface area contributed by atoms with Crippen LogP contribution >= 0.6 is 0 Å². The summed E-state index contributed by atoms with van der Waals surface area (Å²) in [6, 6.07) is 12.4. The van der Waals surface area contributed by atoms with Gasteiger partial charge in [-0.05, 0) is 22.8 Å². The van der Waals surface area contributed by atoms with Crippen LogP contribution < -0.4 is 0 Å². The first kappa shape index (κ1) is 20.3. The van der Waals surface area contributed by atoms with Gasteiger partial charge in [0.25, 0.3) is 17.1 Å². The number of carboxylic acids is 1. The average Bonchev–Trinajstić information content (AvgIpc) is 3.06. The van der Waals surface area contributed by atoms with Crippen LogP contribution in [-0.4, -0.2) is 25.8 Å². The quantitative estimate of drug-likeness (QED) is 0.350. The highest BCUT2D eigenvalue weighted by molar-refractivity contribution is 6.14. The predicted octanol–water partition coefficient (Wildman–Crippen LogP) is 4.68. The lowest BCUT2D eigenvalue weighted by molar-refractivity contribution is -0.393. The van der Waals surface area contributed by atoms with Gasteiger partial charge in [0.05, 0.1) is 32.0 Å². The first-order valence-corrected chi connectivity index (χ1v) is 8.99. The van der Waals surface area contributed by atoms with Crippen molar-refractivity contribution in [3.63, 3.8) is 0 Å². The van der Waals surface area contributed by atoms with Gasteiger partial charge in [-0.2, -0.15) is 0 Å². The fourth-order valence-corrected chi connectivity index (χ4v) is 3.74. The fraction of sp³-hybridized carbons (Fsp3) is 0. The Hall–Kier alpha value is -4.93. The van der Waals surface area contributed by atoms with E-state index in [9.17, 15) is 40.2 Å². The number of nitro benzene ring substituents is 3. The molecule has 11 heteroatoms. The zero-order valence-electron chi connectivity index (χ0n) is 15.9. The second kappa shape index (κ2) is 7.40. The number of non-ortho nitro benzene ring substituents is 2. The Bertz CT molecular complexity index is 1300. The Morgan fingerprint density at radius 3 is 1.88 bits per heavy atom. The molecule has 0 atom stereocenters. The van der Waals surface area contributed by atoms with Crippen molar-refractivity contribution in [2.45, 2.75) is 0 Å². The molecule has 1 aliphatic rings. The van der Waals surface area contributed by atoms with Crippen molar-refractivity contribution < 1.29 is 24.7 Å². The molecule has 0 saturated heterocycles. The molecule has 0 spiro atoms. The number of rotatable bonds is 5. The second-order valence-corrected chi connectivity index (χ2v) is 6.85. The molecule has 4 rings (SSSR count). The zero-order valence-corrected chi connectivity index (χ0v) is 15.9. The maximum absolute atomic E-state index is 11.9. The normalized spacial score (nSPS) is 12.8. The van der Waals surface area contributed by atoms with Crippen molar-refractivity contribution in [2.24, 2.45) is 0 Å². The SMILES string of the molecule is O=C(O)c1cc([N+](=O)[O-])cc2c1-c1c(cc([N+](=O)[O-])cc1[N+](=O)[O-])C2=Cc1ccccc1. The number of fused-ring (bicyclic) bond motifs is 3. The molecule has 0 saturated carbocycles. The molecule has 0 aliphatic heterocycles. The van der Waals surface area contributed by atoms with E-state index in [1.807, 2.05) is 0 Å². The molecule has 11 nitrogen and oxygen atoms in total. The Balaban J connectivity index is 2.19. The summed E-state index contributed by atoms with van der Waals surface area (Å²) in [5.41, 5.74) is -1.55. The van der Waals surface area contributed by atoms with Gasteiger partial charge in [0, 0.05) is 29.3 Å². The van der Waals surface area contributed by atoms with Crippen LogP contribution in [0.5, 0.6) is 0 Å². The van der Waals surface area contributed by atoms with Crippen LogP contribution in [0.25, 0.3) is 22.8 Å². The van der Waals surface area contributed by atoms with Gasteiger partial charge in [0.1, 0.15) is 0 Å². The van der Waals surface area contributed by atoms with Crippen molar-refractivity contribution in [3.05, 3.63) is 107 Å². The van der Waals surface area contributed by atoms with Crippen LogP contribution in [0.3, 0.4) is 0 Å². The monoisotopic (exact) mass is 433 g/mol. The van der Waals surface area contributed by atoms with Crippen LogP contribution in [-0.2, 0) is 0 Å². The number of hydrogen-bond acceptors (Lipinski definition) is 7. The number of carboxylic acid groups (broad SMARTS) is 1. The maximum Gasteiger partial charge on any atom is 0.336 e. The molecule has 0 aromatic heterocycles. The van der Waals surface area contributed by atoms with Crippen molar-refractivity contribution >= 4 is 34.7 Å². The summed E-state index contributed by atoms with van der Waals surface area (Å²) in [6.45, 7) is 0. The highest BCUT2D eigenvalue weighted by Crippen LogP contribution is 2.53. The molecule has 0 heterocycles. The summed E-state index contributed by atoms with van der Waals surface area (Å²) >= 11 is 0. The summed E-state index contributed by atoms with van der Waals surface area (Å²) in [7, 11) is 0. The standard InChI is InChI=1S/C21H11N3O8/c25-21(26)17-9-12(22(27)28)7-15-14(6-11-4-2-1-3-5-11)16-8-13(23(29)30)10-18(24(31)32)20(16)19(15)17/h1-10H,(H,25,26). The highest BCUT2D eigenvalue weighted by Gasteiger charge is 2.38. The van der Waals surface area contributed by atoms with Crippen molar-refractivity contribution in [2.75, 3.05) is 0 Å². The molecule has 0 radical (unpaired) electrons. The van der Waals surface area contributed by atoms with Gasteiger partial charge < -0.3 is 5.11 Å². The third-order valence-electron chi connectivity index (χ3n) is 5.02. The van der Waals surface area contributed by atoms with Crippen LogP contribution in [0, 0.1) is 30.3 Å². The van der Waals surface area contributed by atoms with Gasteiger partial charge in [0.15, 0.2) is 0 Å². The molecule has 32 heavy (non-hydrogen) atoms. The molecule has 3 aromatic carbocycles. The number of nitro groups is 3. The minimum Gasteiger partial charge on any atom is -0.478 e. The van der Waals surface area contributed by atoms with E-state index in [1.165, 1.54) is 0 Å². The molecule has 0 unspecified atom stereocenters. The third-order valence-corrected chi connectivity index (χ3v) is 5.02. The zero-order chi connectivity index (χ0) is 23.2. The molecule has 3 aromatic rings. The number of nitrogens with zero attached hydrogens (tertiary/aromatic N) is 3. The van der Waals surface area contributed by atoms with Gasteiger partial charge >= 0.3 is 5.97 Å². The van der Waals surface area contributed by atoms with Gasteiger partial charge in [-0.25, -0.2) is 4.79 Å². The summed E-state index contributed by atoms with van der Waals surface area (Å²) < 4.78 is 0. The largest absolute Gasteiger partial charge is 0.478 e. The van der Waals surface area contributed by atoms with Crippen LogP contribution in [0.1, 0.15) is 27.0 Å². The van der Waals surface area contributed by atoms with E-state index in [1.54, 1.807) is 36.4 Å². The third kappa shape index (κ3) is 3.23. The smallest absolute Gasteiger partial charge is 0.336 e. The lowest BCUT2D eigenvalue weighted by atomic mass is 9.96. The molecular formula is C21H11N3O8. The van der Waals surface area contributed by atoms with Gasteiger partial charge in [-0.15, -0.1) is 0 Å². The number of carbonyl (C=O) groups is 1. The van der Waals surface area contributed by atoms with E-state index >= 15 is 0 Å². The topological polar surface area (TPSA) is 167 Å². The lowest BCUT2D eigenvalue weighted by Crippen LogP contribution is -2.03. The minimum absolute atomic E-state index is 0.0488. The maximum atomic E-state index is 11.9. The predicted molar refractivity (Wildman–Crippen MR) is 112 cm³/mol. The molecular weight excluding hydrogens is 422 g/mol. The number of hydrogen-bond donors (Lipinski definition) is 1. The van der Waals surface area contributed by atoms with Gasteiger partial charge in [-0.1, -0.05) is 30.3 Å². The van der Waals surface area contributed by atoms with E-state index in [-0.39, 0.29) is 27.8 Å². The summed E-state index contributed by atoms with van der Waals surface area (Å²) in [4.78, 5) is 44.2. The van der Waals surface area contributed by atoms with Gasteiger partial charge in [0.2, 0.25) is 0 Å². The number of benzene rings is 3. The van der Waals surface area contributed by atoms with Gasteiger partial charge in [-0.3, -0.25) is 30.3 Å². The fourth-order valence-electron chi connectivity index (χ4n) is 3.74. The molecule has 0 amide bonds. The molecule has 1 aliphatic carbocycles. The minimum atomic E-state index is -1.52. The van der Waals surface area contributed by atoms with Crippen molar-refractivity contribution in [3.8, 4) is 11.1 Å². The second-order valence-electron chi connectivity index (χ2n) is 6.85. The number of aromatic carboxylic acids is 1. The summed E-state index contributed by atoms with van der Waals surface area (Å²) in [5.74, 6) is -1.52. The van der Waals surface area contributed by atoms with E-state index in [4.69, 9.17) is 0 Å². The molecule has 158 valence electrons. The molecule has 0 fully saturated rings. The molecule has 1 N–H and O–H groups in total. The van der Waals surface area contributed by atoms with E-state index in [0.29, 0.717) is 5.56 Å². The Labute approximate surface area is 178 Å². The van der Waals surface area contributed by atoms with Crippen molar-refractivity contribution in [1.82, 2.24) is 0 Å². The highest BCUT2D eigenvalue weighted by atomic mass is 16.6. The van der Waals surface area contributed by atoms with E-state index in [0.717, 1.165) is 24.3 Å². The van der Waals surface area contributed by atoms with Crippen LogP contribution in [0.15, 0.2) is 54.6 Å².